The molecule has 4 amide bonds. The number of carboxylic acid groups (broad SMARTS) is 1. The SMILES string of the molecule is COC(=O)N[C@@H](C)C(=O)N[C@H](c1ncc(-c2ccc(-c3ccc(-c4cnc([C@@H]5CCCN5C(=O)[C@H](C)NC(=O)O)[nH]4)cc3)cc2)[nH]1)C(C)C. The first kappa shape index (κ1) is 34.7. The summed E-state index contributed by atoms with van der Waals surface area (Å²) in [6.45, 7) is 7.64. The zero-order valence-electron chi connectivity index (χ0n) is 28.1. The Kier molecular flexibility index (Phi) is 10.6. The number of amides is 4. The van der Waals surface area contributed by atoms with Crippen LogP contribution < -0.4 is 16.0 Å². The fourth-order valence-corrected chi connectivity index (χ4v) is 5.92. The second-order valence-corrected chi connectivity index (χ2v) is 12.5. The molecule has 4 atom stereocenters. The number of likely N-dealkylation sites (tertiary alicyclic amines) is 1. The van der Waals surface area contributed by atoms with Crippen LogP contribution >= 0.6 is 0 Å². The minimum Gasteiger partial charge on any atom is -0.465 e. The van der Waals surface area contributed by atoms with Crippen molar-refractivity contribution in [3.63, 3.8) is 0 Å². The van der Waals surface area contributed by atoms with E-state index in [0.29, 0.717) is 18.2 Å². The van der Waals surface area contributed by atoms with Crippen LogP contribution in [0.25, 0.3) is 33.6 Å². The van der Waals surface area contributed by atoms with E-state index in [9.17, 15) is 19.2 Å². The van der Waals surface area contributed by atoms with Gasteiger partial charge in [-0.3, -0.25) is 9.59 Å². The number of H-pyrrole nitrogens is 2. The highest BCUT2D eigenvalue weighted by atomic mass is 16.5. The van der Waals surface area contributed by atoms with Gasteiger partial charge in [0.15, 0.2) is 0 Å². The molecule has 0 saturated carbocycles. The minimum absolute atomic E-state index is 0.0328. The van der Waals surface area contributed by atoms with Crippen molar-refractivity contribution in [2.24, 2.45) is 5.92 Å². The van der Waals surface area contributed by atoms with E-state index < -0.39 is 30.3 Å². The van der Waals surface area contributed by atoms with Crippen molar-refractivity contribution < 1.29 is 29.0 Å². The van der Waals surface area contributed by atoms with Gasteiger partial charge in [-0.25, -0.2) is 19.6 Å². The summed E-state index contributed by atoms with van der Waals surface area (Å²) in [7, 11) is 1.24. The van der Waals surface area contributed by atoms with Gasteiger partial charge in [-0.1, -0.05) is 62.4 Å². The van der Waals surface area contributed by atoms with Crippen LogP contribution in [-0.4, -0.2) is 79.7 Å². The molecule has 1 saturated heterocycles. The summed E-state index contributed by atoms with van der Waals surface area (Å²) in [4.78, 5) is 65.6. The largest absolute Gasteiger partial charge is 0.465 e. The molecule has 14 heteroatoms. The molecule has 49 heavy (non-hydrogen) atoms. The van der Waals surface area contributed by atoms with Gasteiger partial charge in [0, 0.05) is 6.54 Å². The van der Waals surface area contributed by atoms with Gasteiger partial charge in [0.2, 0.25) is 11.8 Å². The van der Waals surface area contributed by atoms with Crippen molar-refractivity contribution in [1.29, 1.82) is 0 Å². The maximum Gasteiger partial charge on any atom is 0.407 e. The highest BCUT2D eigenvalue weighted by Gasteiger charge is 2.34. The number of carbonyl (C=O) groups is 4. The predicted molar refractivity (Wildman–Crippen MR) is 182 cm³/mol. The number of nitrogens with zero attached hydrogens (tertiary/aromatic N) is 3. The third-order valence-electron chi connectivity index (χ3n) is 8.65. The molecule has 2 aromatic carbocycles. The maximum absolute atomic E-state index is 12.9. The number of rotatable bonds is 11. The Hall–Kier alpha value is -5.66. The normalized spacial score (nSPS) is 16.1. The topological polar surface area (TPSA) is 194 Å². The molecule has 0 aliphatic carbocycles. The van der Waals surface area contributed by atoms with Gasteiger partial charge in [0.1, 0.15) is 23.7 Å². The van der Waals surface area contributed by atoms with Crippen LogP contribution in [0.4, 0.5) is 9.59 Å². The van der Waals surface area contributed by atoms with Gasteiger partial charge in [-0.15, -0.1) is 0 Å². The number of aromatic nitrogens is 4. The lowest BCUT2D eigenvalue weighted by Crippen LogP contribution is -2.46. The summed E-state index contributed by atoms with van der Waals surface area (Å²) in [6.07, 6.45) is 3.15. The molecule has 1 aliphatic heterocycles. The second-order valence-electron chi connectivity index (χ2n) is 12.5. The van der Waals surface area contributed by atoms with Crippen LogP contribution in [0.3, 0.4) is 0 Å². The number of benzene rings is 2. The molecule has 6 N–H and O–H groups in total. The van der Waals surface area contributed by atoms with E-state index in [1.54, 1.807) is 31.1 Å². The first-order chi connectivity index (χ1) is 23.4. The Bertz CT molecular complexity index is 1780. The molecule has 3 heterocycles. The van der Waals surface area contributed by atoms with Crippen molar-refractivity contribution in [1.82, 2.24) is 40.8 Å². The number of nitrogens with one attached hydrogen (secondary N) is 5. The van der Waals surface area contributed by atoms with E-state index in [0.717, 1.165) is 46.5 Å². The van der Waals surface area contributed by atoms with Crippen LogP contribution in [0.5, 0.6) is 0 Å². The monoisotopic (exact) mass is 670 g/mol. The minimum atomic E-state index is -1.23. The highest BCUT2D eigenvalue weighted by molar-refractivity contribution is 5.86. The zero-order valence-corrected chi connectivity index (χ0v) is 28.1. The smallest absolute Gasteiger partial charge is 0.407 e. The molecular formula is C35H42N8O6. The summed E-state index contributed by atoms with van der Waals surface area (Å²) in [6, 6.07) is 13.9. The number of hydrogen-bond acceptors (Lipinski definition) is 7. The summed E-state index contributed by atoms with van der Waals surface area (Å²) >= 11 is 0. The van der Waals surface area contributed by atoms with E-state index in [4.69, 9.17) is 5.11 Å². The van der Waals surface area contributed by atoms with Gasteiger partial charge in [0.05, 0.1) is 43.0 Å². The maximum atomic E-state index is 12.9. The van der Waals surface area contributed by atoms with Crippen LogP contribution in [0.1, 0.15) is 64.3 Å². The van der Waals surface area contributed by atoms with Gasteiger partial charge in [0.25, 0.3) is 0 Å². The first-order valence-electron chi connectivity index (χ1n) is 16.2. The Balaban J connectivity index is 1.23. The summed E-state index contributed by atoms with van der Waals surface area (Å²) < 4.78 is 4.58. The quantitative estimate of drug-likeness (QED) is 0.128. The molecular weight excluding hydrogens is 628 g/mol. The standard InChI is InChI=1S/C35H42N8O6/c1-19(2)29(42-32(44)20(3)39-35(48)49-5)31-37-18-27(41-31)25-14-10-23(11-15-25)22-8-12-24(13-9-22)26-17-36-30(40-26)28-7-6-16-43(28)33(45)21(4)38-34(46)47/h8-15,17-21,28-29,38H,6-7,16H2,1-5H3,(H,36,40)(H,37,41)(H,39,48)(H,42,44)(H,46,47)/t20-,21-,28-,29-/m0/s1. The third kappa shape index (κ3) is 8.08. The van der Waals surface area contributed by atoms with Gasteiger partial charge in [-0.05, 0) is 54.9 Å². The molecule has 0 radical (unpaired) electrons. The van der Waals surface area contributed by atoms with Crippen molar-refractivity contribution in [2.45, 2.75) is 64.7 Å². The van der Waals surface area contributed by atoms with Crippen molar-refractivity contribution in [3.8, 4) is 33.6 Å². The summed E-state index contributed by atoms with van der Waals surface area (Å²) in [5.41, 5.74) is 5.58. The first-order valence-corrected chi connectivity index (χ1v) is 16.2. The van der Waals surface area contributed by atoms with Crippen LogP contribution in [-0.2, 0) is 14.3 Å². The van der Waals surface area contributed by atoms with Gasteiger partial charge < -0.3 is 40.7 Å². The third-order valence-corrected chi connectivity index (χ3v) is 8.65. The lowest BCUT2D eigenvalue weighted by molar-refractivity contribution is -0.134. The molecule has 2 aromatic heterocycles. The number of methoxy groups -OCH3 is 1. The molecule has 5 rings (SSSR count). The lowest BCUT2D eigenvalue weighted by atomic mass is 10.0. The Morgan fingerprint density at radius 2 is 1.39 bits per heavy atom. The number of hydrogen-bond donors (Lipinski definition) is 6. The zero-order chi connectivity index (χ0) is 35.2. The Labute approximate surface area is 284 Å². The predicted octanol–water partition coefficient (Wildman–Crippen LogP) is 5.01. The summed E-state index contributed by atoms with van der Waals surface area (Å²) in [5.74, 6) is 0.709. The van der Waals surface area contributed by atoms with Crippen LogP contribution in [0.15, 0.2) is 60.9 Å². The van der Waals surface area contributed by atoms with Crippen molar-refractivity contribution in [2.75, 3.05) is 13.7 Å². The van der Waals surface area contributed by atoms with Crippen molar-refractivity contribution >= 4 is 24.0 Å². The molecule has 4 aromatic rings. The molecule has 1 fully saturated rings. The fraction of sp³-hybridized carbons (Fsp3) is 0.371. The molecule has 258 valence electrons. The molecule has 0 unspecified atom stereocenters. The Morgan fingerprint density at radius 3 is 1.96 bits per heavy atom. The highest BCUT2D eigenvalue weighted by Crippen LogP contribution is 2.33. The van der Waals surface area contributed by atoms with Crippen molar-refractivity contribution in [3.05, 3.63) is 72.6 Å². The number of carbonyl (C=O) groups excluding carboxylic acids is 3. The van der Waals surface area contributed by atoms with E-state index in [1.165, 1.54) is 7.11 Å². The van der Waals surface area contributed by atoms with Crippen LogP contribution in [0.2, 0.25) is 0 Å². The number of ether oxygens (including phenoxy) is 1. The van der Waals surface area contributed by atoms with E-state index >= 15 is 0 Å². The number of alkyl carbamates (subject to hydrolysis) is 1. The van der Waals surface area contributed by atoms with E-state index in [1.807, 2.05) is 62.4 Å². The van der Waals surface area contributed by atoms with E-state index in [2.05, 4.69) is 40.6 Å². The second kappa shape index (κ2) is 15.0. The average Bonchev–Trinajstić information content (AvgIpc) is 3.88. The van der Waals surface area contributed by atoms with E-state index in [-0.39, 0.29) is 23.8 Å². The summed E-state index contributed by atoms with van der Waals surface area (Å²) in [5, 5.41) is 16.7. The lowest BCUT2D eigenvalue weighted by Gasteiger charge is -2.26. The molecule has 14 nitrogen and oxygen atoms in total. The number of aromatic amines is 2. The Morgan fingerprint density at radius 1 is 0.816 bits per heavy atom. The molecule has 1 aliphatic rings. The number of imidazole rings is 2. The fourth-order valence-electron chi connectivity index (χ4n) is 5.92. The van der Waals surface area contributed by atoms with Gasteiger partial charge in [-0.2, -0.15) is 0 Å². The van der Waals surface area contributed by atoms with Crippen LogP contribution in [0, 0.1) is 5.92 Å². The molecule has 0 bridgehead atoms. The molecule has 0 spiro atoms. The average molecular weight is 671 g/mol. The van der Waals surface area contributed by atoms with Gasteiger partial charge >= 0.3 is 12.2 Å².